The van der Waals surface area contributed by atoms with Crippen molar-refractivity contribution in [3.8, 4) is 10.7 Å². The van der Waals surface area contributed by atoms with Gasteiger partial charge in [0.2, 0.25) is 0 Å². The molecule has 24 heavy (non-hydrogen) atoms. The predicted octanol–water partition coefficient (Wildman–Crippen LogP) is 4.30. The monoisotopic (exact) mass is 369 g/mol. The number of rotatable bonds is 4. The average molecular weight is 369 g/mol. The minimum atomic E-state index is -4.49. The quantitative estimate of drug-likeness (QED) is 0.686. The van der Waals surface area contributed by atoms with E-state index >= 15 is 0 Å². The van der Waals surface area contributed by atoms with Crippen molar-refractivity contribution in [1.82, 2.24) is 25.0 Å². The van der Waals surface area contributed by atoms with Crippen LogP contribution in [0.1, 0.15) is 24.6 Å². The molecule has 3 aromatic rings. The lowest BCUT2D eigenvalue weighted by Gasteiger charge is -2.08. The number of thiophene rings is 1. The molecule has 0 saturated heterocycles. The smallest absolute Gasteiger partial charge is 0.298 e. The predicted molar refractivity (Wildman–Crippen MR) is 82.8 cm³/mol. The normalized spacial score (nSPS) is 15.0. The molecule has 0 amide bonds. The van der Waals surface area contributed by atoms with E-state index in [9.17, 15) is 13.2 Å². The molecule has 0 spiro atoms. The maximum absolute atomic E-state index is 12.6. The Hall–Kier alpha value is -1.94. The van der Waals surface area contributed by atoms with Crippen molar-refractivity contribution in [2.75, 3.05) is 0 Å². The third-order valence-corrected chi connectivity index (χ3v) is 5.20. The summed E-state index contributed by atoms with van der Waals surface area (Å²) in [4.78, 5) is 1.01. The Morgan fingerprint density at radius 3 is 2.50 bits per heavy atom. The number of hydrogen-bond acceptors (Lipinski definition) is 6. The van der Waals surface area contributed by atoms with Gasteiger partial charge in [0.1, 0.15) is 5.03 Å². The topological polar surface area (TPSA) is 56.5 Å². The van der Waals surface area contributed by atoms with E-state index < -0.39 is 11.9 Å². The van der Waals surface area contributed by atoms with E-state index in [4.69, 9.17) is 0 Å². The van der Waals surface area contributed by atoms with Crippen LogP contribution in [0, 0.1) is 0 Å². The van der Waals surface area contributed by atoms with Gasteiger partial charge in [0.25, 0.3) is 0 Å². The number of hydrogen-bond donors (Lipinski definition) is 0. The van der Waals surface area contributed by atoms with Crippen LogP contribution in [0.15, 0.2) is 39.8 Å². The number of aromatic nitrogens is 5. The van der Waals surface area contributed by atoms with Gasteiger partial charge in [0.15, 0.2) is 16.7 Å². The second-order valence-electron chi connectivity index (χ2n) is 5.24. The molecule has 0 radical (unpaired) electrons. The molecule has 1 saturated carbocycles. The van der Waals surface area contributed by atoms with Crippen LogP contribution in [0.4, 0.5) is 13.2 Å². The largest absolute Gasteiger partial charge is 0.435 e. The first kappa shape index (κ1) is 15.6. The molecule has 5 nitrogen and oxygen atoms in total. The van der Waals surface area contributed by atoms with Gasteiger partial charge in [-0.2, -0.15) is 13.2 Å². The SMILES string of the molecule is FC(F)(F)c1ccc(Sc2nnc(-c3cccs3)n2C2CC2)nn1. The van der Waals surface area contributed by atoms with Crippen LogP contribution in [0.3, 0.4) is 0 Å². The molecule has 0 bridgehead atoms. The Balaban J connectivity index is 1.63. The van der Waals surface area contributed by atoms with E-state index in [0.29, 0.717) is 16.2 Å². The maximum Gasteiger partial charge on any atom is 0.435 e. The molecule has 0 aliphatic heterocycles. The van der Waals surface area contributed by atoms with Crippen LogP contribution in [0.2, 0.25) is 0 Å². The fraction of sp³-hybridized carbons (Fsp3) is 0.286. The van der Waals surface area contributed by atoms with E-state index in [-0.39, 0.29) is 0 Å². The Bertz CT molecular complexity index is 838. The molecule has 0 atom stereocenters. The van der Waals surface area contributed by atoms with Crippen LogP contribution in [0.5, 0.6) is 0 Å². The highest BCUT2D eigenvalue weighted by molar-refractivity contribution is 7.99. The summed E-state index contributed by atoms with van der Waals surface area (Å²) < 4.78 is 39.7. The Labute approximate surface area is 142 Å². The summed E-state index contributed by atoms with van der Waals surface area (Å²) in [5, 5.41) is 18.3. The van der Waals surface area contributed by atoms with E-state index in [1.54, 1.807) is 11.3 Å². The van der Waals surface area contributed by atoms with Crippen LogP contribution in [-0.4, -0.2) is 25.0 Å². The minimum Gasteiger partial charge on any atom is -0.298 e. The zero-order valence-electron chi connectivity index (χ0n) is 12.1. The second kappa shape index (κ2) is 5.85. The van der Waals surface area contributed by atoms with Crippen molar-refractivity contribution in [2.24, 2.45) is 0 Å². The van der Waals surface area contributed by atoms with Gasteiger partial charge in [-0.15, -0.1) is 31.7 Å². The van der Waals surface area contributed by atoms with Crippen molar-refractivity contribution >= 4 is 23.1 Å². The third-order valence-electron chi connectivity index (χ3n) is 3.44. The van der Waals surface area contributed by atoms with Crippen molar-refractivity contribution in [3.63, 3.8) is 0 Å². The highest BCUT2D eigenvalue weighted by atomic mass is 32.2. The van der Waals surface area contributed by atoms with Crippen molar-refractivity contribution in [2.45, 2.75) is 35.2 Å². The summed E-state index contributed by atoms with van der Waals surface area (Å²) in [6, 6.07) is 6.48. The standard InChI is InChI=1S/C14H10F3N5S2/c15-14(16,17)10-5-6-11(19-18-10)24-13-21-20-12(9-2-1-7-23-9)22(13)8-3-4-8/h1-2,5-8H,3-4H2. The molecule has 3 aromatic heterocycles. The summed E-state index contributed by atoms with van der Waals surface area (Å²) in [6.07, 6.45) is -2.40. The first-order chi connectivity index (χ1) is 11.5. The van der Waals surface area contributed by atoms with Crippen molar-refractivity contribution < 1.29 is 13.2 Å². The van der Waals surface area contributed by atoms with Crippen LogP contribution in [0.25, 0.3) is 10.7 Å². The molecule has 4 rings (SSSR count). The fourth-order valence-corrected chi connectivity index (χ4v) is 3.73. The molecule has 3 heterocycles. The Morgan fingerprint density at radius 2 is 1.92 bits per heavy atom. The molecule has 0 N–H and O–H groups in total. The van der Waals surface area contributed by atoms with E-state index in [0.717, 1.165) is 29.6 Å². The first-order valence-electron chi connectivity index (χ1n) is 7.10. The second-order valence-corrected chi connectivity index (χ2v) is 7.18. The molecule has 0 aromatic carbocycles. The molecule has 124 valence electrons. The van der Waals surface area contributed by atoms with Crippen molar-refractivity contribution in [1.29, 1.82) is 0 Å². The summed E-state index contributed by atoms with van der Waals surface area (Å²) in [5.74, 6) is 0.787. The number of halogens is 3. The molecule has 10 heteroatoms. The van der Waals surface area contributed by atoms with Gasteiger partial charge < -0.3 is 0 Å². The number of nitrogens with zero attached hydrogens (tertiary/aromatic N) is 5. The minimum absolute atomic E-state index is 0.335. The average Bonchev–Trinajstić information content (AvgIpc) is 3.08. The van der Waals surface area contributed by atoms with E-state index in [1.165, 1.54) is 17.8 Å². The highest BCUT2D eigenvalue weighted by Crippen LogP contribution is 2.42. The lowest BCUT2D eigenvalue weighted by Crippen LogP contribution is -2.08. The lowest BCUT2D eigenvalue weighted by atomic mass is 10.4. The summed E-state index contributed by atoms with van der Waals surface area (Å²) >= 11 is 2.75. The van der Waals surface area contributed by atoms with Gasteiger partial charge in [-0.25, -0.2) is 0 Å². The van der Waals surface area contributed by atoms with Gasteiger partial charge in [0.05, 0.1) is 4.88 Å². The summed E-state index contributed by atoms with van der Waals surface area (Å²) in [5.41, 5.74) is -1.00. The third kappa shape index (κ3) is 3.03. The fourth-order valence-electron chi connectivity index (χ4n) is 2.20. The lowest BCUT2D eigenvalue weighted by molar-refractivity contribution is -0.141. The molecular weight excluding hydrogens is 359 g/mol. The number of alkyl halides is 3. The zero-order chi connectivity index (χ0) is 16.7. The highest BCUT2D eigenvalue weighted by Gasteiger charge is 2.33. The summed E-state index contributed by atoms with van der Waals surface area (Å²) in [6.45, 7) is 0. The molecular formula is C14H10F3N5S2. The van der Waals surface area contributed by atoms with Gasteiger partial charge in [0, 0.05) is 6.04 Å². The zero-order valence-corrected chi connectivity index (χ0v) is 13.7. The van der Waals surface area contributed by atoms with Crippen LogP contribution in [-0.2, 0) is 6.18 Å². The first-order valence-corrected chi connectivity index (χ1v) is 8.79. The van der Waals surface area contributed by atoms with Gasteiger partial charge in [-0.1, -0.05) is 6.07 Å². The van der Waals surface area contributed by atoms with Crippen LogP contribution < -0.4 is 0 Å². The van der Waals surface area contributed by atoms with Gasteiger partial charge in [-0.05, 0) is 48.2 Å². The van der Waals surface area contributed by atoms with E-state index in [2.05, 4.69) is 20.4 Å². The Kier molecular flexibility index (Phi) is 3.80. The van der Waals surface area contributed by atoms with Gasteiger partial charge >= 0.3 is 6.18 Å². The van der Waals surface area contributed by atoms with Gasteiger partial charge in [-0.3, -0.25) is 4.57 Å². The molecule has 0 unspecified atom stereocenters. The van der Waals surface area contributed by atoms with Crippen molar-refractivity contribution in [3.05, 3.63) is 35.3 Å². The Morgan fingerprint density at radius 1 is 1.08 bits per heavy atom. The maximum atomic E-state index is 12.6. The molecule has 1 aliphatic carbocycles. The molecule has 1 aliphatic rings. The molecule has 1 fully saturated rings. The van der Waals surface area contributed by atoms with E-state index in [1.807, 2.05) is 22.1 Å². The summed E-state index contributed by atoms with van der Waals surface area (Å²) in [7, 11) is 0. The van der Waals surface area contributed by atoms with Crippen LogP contribution >= 0.6 is 23.1 Å².